The number of fused-ring (bicyclic) bond motifs is 9. The number of anilines is 2. The van der Waals surface area contributed by atoms with Gasteiger partial charge in [-0.3, -0.25) is 24.1 Å². The zero-order valence-corrected chi connectivity index (χ0v) is 41.4. The molecule has 2 N–H and O–H groups in total. The number of para-hydroxylation sites is 3. The molecule has 0 spiro atoms. The molecule has 0 saturated heterocycles. The van der Waals surface area contributed by atoms with E-state index in [4.69, 9.17) is 24.6 Å². The van der Waals surface area contributed by atoms with Crippen molar-refractivity contribution in [3.63, 3.8) is 0 Å². The van der Waals surface area contributed by atoms with Gasteiger partial charge < -0.3 is 19.5 Å². The van der Waals surface area contributed by atoms with E-state index >= 15 is 0 Å². The molecule has 0 saturated carbocycles. The standard InChI is InChI=1S/C46H28N4O.2C5H8O2.2Pt/c1-3-13-29(14-4-1)49-41-23-9-7-17-31(41)35-25-27-39(47-45(35)49)37-21-11-19-33-34-20-12-22-38(44(34)51-43(33)37)40-28-26-36-32-18-8-10-24-42(32)50(46(36)48-40)30-15-5-2-6-16-30;2*1-4(6)3-5(2)7;;/h1-20,23-28,31,41H;2*3,6H,1-2H3;;/q-2;;;;/b;2*4-3-;;. The van der Waals surface area contributed by atoms with Crippen LogP contribution in [0.15, 0.2) is 186 Å². The second-order valence-electron chi connectivity index (χ2n) is 15.9. The van der Waals surface area contributed by atoms with Crippen LogP contribution in [0, 0.1) is 12.1 Å². The van der Waals surface area contributed by atoms with Gasteiger partial charge in [0.05, 0.1) is 23.1 Å². The summed E-state index contributed by atoms with van der Waals surface area (Å²) in [6.07, 6.45) is 11.2. The molecule has 2 atom stereocenters. The molecule has 340 valence electrons. The number of aliphatic hydroxyl groups is 2. The molecule has 4 aromatic heterocycles. The van der Waals surface area contributed by atoms with Crippen molar-refractivity contribution in [3.05, 3.63) is 199 Å². The third kappa shape index (κ3) is 9.67. The second kappa shape index (κ2) is 20.7. The van der Waals surface area contributed by atoms with E-state index in [0.29, 0.717) is 0 Å². The van der Waals surface area contributed by atoms with Gasteiger partial charge in [-0.25, -0.2) is 0 Å². The van der Waals surface area contributed by atoms with Gasteiger partial charge in [-0.05, 0) is 69.4 Å². The Bertz CT molecular complexity index is 3370. The first kappa shape index (κ1) is 48.0. The molecule has 9 aromatic rings. The third-order valence-electron chi connectivity index (χ3n) is 11.2. The van der Waals surface area contributed by atoms with Crippen LogP contribution in [0.25, 0.3) is 72.1 Å². The molecule has 2 aliphatic rings. The quantitative estimate of drug-likeness (QED) is 0.0959. The predicted molar refractivity (Wildman–Crippen MR) is 260 cm³/mol. The molecule has 0 amide bonds. The zero-order chi connectivity index (χ0) is 45.2. The summed E-state index contributed by atoms with van der Waals surface area (Å²) in [5.41, 5.74) is 10.2. The Morgan fingerprint density at radius 3 is 1.72 bits per heavy atom. The number of pyridine rings is 2. The monoisotopic (exact) mass is 1240 g/mol. The first-order valence-electron chi connectivity index (χ1n) is 21.3. The average Bonchev–Trinajstić information content (AvgIpc) is 3.96. The first-order chi connectivity index (χ1) is 31.6. The number of hydrogen-bond donors (Lipinski definition) is 2. The van der Waals surface area contributed by atoms with Crippen LogP contribution < -0.4 is 4.90 Å². The Morgan fingerprint density at radius 2 is 1.13 bits per heavy atom. The zero-order valence-electron chi connectivity index (χ0n) is 36.9. The molecule has 67 heavy (non-hydrogen) atoms. The van der Waals surface area contributed by atoms with Gasteiger partial charge in [0.1, 0.15) is 11.5 Å². The molecule has 5 aromatic carbocycles. The van der Waals surface area contributed by atoms with Gasteiger partial charge in [0.25, 0.3) is 0 Å². The first-order valence-corrected chi connectivity index (χ1v) is 21.3. The number of nitrogens with zero attached hydrogens (tertiary/aromatic N) is 4. The van der Waals surface area contributed by atoms with Gasteiger partial charge in [-0.15, -0.1) is 36.4 Å². The maximum atomic E-state index is 10.0. The van der Waals surface area contributed by atoms with E-state index < -0.39 is 0 Å². The molecule has 9 nitrogen and oxygen atoms in total. The number of hydrogen-bond acceptors (Lipinski definition) is 8. The fraction of sp³-hybridized carbons (Fsp3) is 0.107. The largest absolute Gasteiger partial charge is 0.545 e. The summed E-state index contributed by atoms with van der Waals surface area (Å²) < 4.78 is 9.09. The number of rotatable bonds is 6. The van der Waals surface area contributed by atoms with Crippen LogP contribution in [0.1, 0.15) is 39.2 Å². The number of carbonyl (C=O) groups excluding carboxylic acids is 2. The summed E-state index contributed by atoms with van der Waals surface area (Å²) in [7, 11) is 0. The molecular formula is C56H44N4O5Pt2-2. The van der Waals surface area contributed by atoms with E-state index in [-0.39, 0.29) is 77.2 Å². The van der Waals surface area contributed by atoms with E-state index in [1.807, 2.05) is 18.2 Å². The Balaban J connectivity index is 0.000000366. The van der Waals surface area contributed by atoms with Crippen LogP contribution in [-0.4, -0.2) is 42.4 Å². The van der Waals surface area contributed by atoms with Gasteiger partial charge in [0.2, 0.25) is 0 Å². The summed E-state index contributed by atoms with van der Waals surface area (Å²) in [5, 5.41) is 21.0. The summed E-state index contributed by atoms with van der Waals surface area (Å²) >= 11 is 0. The van der Waals surface area contributed by atoms with Crippen molar-refractivity contribution in [1.82, 2.24) is 14.5 Å². The van der Waals surface area contributed by atoms with Crippen molar-refractivity contribution in [3.8, 4) is 28.2 Å². The fourth-order valence-corrected chi connectivity index (χ4v) is 8.70. The number of ketones is 2. The van der Waals surface area contributed by atoms with Crippen molar-refractivity contribution in [2.75, 3.05) is 4.90 Å². The summed E-state index contributed by atoms with van der Waals surface area (Å²) in [5.74, 6) is 1.08. The van der Waals surface area contributed by atoms with Crippen molar-refractivity contribution < 1.29 is 66.3 Å². The minimum Gasteiger partial charge on any atom is -0.545 e. The van der Waals surface area contributed by atoms with Crippen molar-refractivity contribution in [1.29, 1.82) is 0 Å². The fourth-order valence-electron chi connectivity index (χ4n) is 8.70. The van der Waals surface area contributed by atoms with E-state index in [1.54, 1.807) is 0 Å². The van der Waals surface area contributed by atoms with E-state index in [9.17, 15) is 9.59 Å². The van der Waals surface area contributed by atoms with Crippen LogP contribution in [0.4, 0.5) is 11.5 Å². The summed E-state index contributed by atoms with van der Waals surface area (Å²) in [4.78, 5) is 33.0. The van der Waals surface area contributed by atoms with E-state index in [2.05, 4.69) is 161 Å². The number of aliphatic hydroxyl groups excluding tert-OH is 2. The molecule has 11 rings (SSSR count). The normalized spacial score (nSPS) is 14.9. The van der Waals surface area contributed by atoms with Crippen LogP contribution in [0.5, 0.6) is 0 Å². The molecule has 5 heterocycles. The Labute approximate surface area is 417 Å². The van der Waals surface area contributed by atoms with Crippen molar-refractivity contribution in [2.45, 2.75) is 39.7 Å². The van der Waals surface area contributed by atoms with Crippen molar-refractivity contribution in [2.24, 2.45) is 0 Å². The van der Waals surface area contributed by atoms with E-state index in [1.165, 1.54) is 50.8 Å². The number of carbonyl (C=O) groups is 2. The van der Waals surface area contributed by atoms with E-state index in [0.717, 1.165) is 78.2 Å². The molecular weight excluding hydrogens is 1200 g/mol. The minimum absolute atomic E-state index is 0. The third-order valence-corrected chi connectivity index (χ3v) is 11.2. The van der Waals surface area contributed by atoms with Gasteiger partial charge in [0.15, 0.2) is 11.6 Å². The van der Waals surface area contributed by atoms with Gasteiger partial charge in [-0.2, -0.15) is 0 Å². The van der Waals surface area contributed by atoms with Crippen LogP contribution in [-0.2, 0) is 51.7 Å². The van der Waals surface area contributed by atoms with Crippen molar-refractivity contribution >= 4 is 66.9 Å². The van der Waals surface area contributed by atoms with Crippen LogP contribution in [0.3, 0.4) is 0 Å². The summed E-state index contributed by atoms with van der Waals surface area (Å²) in [6, 6.07) is 53.2. The molecule has 11 heteroatoms. The number of allylic oxidation sites excluding steroid dienone is 6. The second-order valence-corrected chi connectivity index (χ2v) is 15.9. The van der Waals surface area contributed by atoms with Gasteiger partial charge >= 0.3 is 0 Å². The number of aromatic nitrogens is 3. The smallest absolute Gasteiger partial charge is 0.155 e. The SMILES string of the molecule is CC(=O)/C=C(/C)O.CC(=O)/C=C(/C)O.[Pt].[Pt].[c-]1ccc2c(oc3c(-c4ccc5c6ccccc6n(-c6ccccc6)c5n4)[c-]ccc32)c1-c1ccc2c(n1)N(c1ccccc1)C1C=CC=CC21. The Morgan fingerprint density at radius 1 is 0.597 bits per heavy atom. The minimum atomic E-state index is -0.125. The molecule has 0 fully saturated rings. The van der Waals surface area contributed by atoms with Gasteiger partial charge in [0, 0.05) is 99.1 Å². The predicted octanol–water partition coefficient (Wildman–Crippen LogP) is 13.2. The van der Waals surface area contributed by atoms with Crippen LogP contribution >= 0.6 is 0 Å². The molecule has 0 radical (unpaired) electrons. The summed E-state index contributed by atoms with van der Waals surface area (Å²) in [6.45, 7) is 5.70. The molecule has 1 aliphatic carbocycles. The van der Waals surface area contributed by atoms with Crippen LogP contribution in [0.2, 0.25) is 0 Å². The number of furan rings is 1. The number of benzene rings is 5. The Hall–Kier alpha value is -6.92. The maximum absolute atomic E-state index is 10.0. The van der Waals surface area contributed by atoms with Gasteiger partial charge in [-0.1, -0.05) is 125 Å². The maximum Gasteiger partial charge on any atom is 0.155 e. The topological polar surface area (TPSA) is 122 Å². The molecule has 0 bridgehead atoms. The Kier molecular flexibility index (Phi) is 14.8. The average molecular weight is 1240 g/mol. The molecule has 1 aliphatic heterocycles. The molecule has 2 unspecified atom stereocenters.